The number of nitrogens with zero attached hydrogens (tertiary/aromatic N) is 2. The van der Waals surface area contributed by atoms with Gasteiger partial charge in [-0.3, -0.25) is 0 Å². The van der Waals surface area contributed by atoms with Crippen LogP contribution in [-0.4, -0.2) is 17.0 Å². The normalized spacial score (nSPS) is 14.1. The largest absolute Gasteiger partial charge is 0.438 e. The zero-order chi connectivity index (χ0) is 15.0. The Morgan fingerprint density at radius 1 is 1.33 bits per heavy atom. The molecule has 0 aliphatic heterocycles. The molecule has 0 amide bonds. The van der Waals surface area contributed by atoms with E-state index in [1.54, 1.807) is 12.1 Å². The molecule has 0 bridgehead atoms. The summed E-state index contributed by atoms with van der Waals surface area (Å²) in [7, 11) is 1.81. The summed E-state index contributed by atoms with van der Waals surface area (Å²) in [6.07, 6.45) is 2.22. The van der Waals surface area contributed by atoms with Crippen LogP contribution < -0.4 is 10.1 Å². The van der Waals surface area contributed by atoms with Crippen molar-refractivity contribution in [3.63, 3.8) is 0 Å². The number of halogens is 2. The Labute approximate surface area is 130 Å². The minimum absolute atomic E-state index is 0.365. The highest BCUT2D eigenvalue weighted by atomic mass is 79.9. The van der Waals surface area contributed by atoms with E-state index in [-0.39, 0.29) is 5.82 Å². The first-order valence-corrected chi connectivity index (χ1v) is 7.57. The van der Waals surface area contributed by atoms with Gasteiger partial charge in [0.05, 0.1) is 10.0 Å². The van der Waals surface area contributed by atoms with E-state index in [0.29, 0.717) is 22.0 Å². The average Bonchev–Trinajstić information content (AvgIpc) is 3.29. The highest BCUT2D eigenvalue weighted by Crippen LogP contribution is 2.40. The van der Waals surface area contributed by atoms with Gasteiger partial charge in [-0.1, -0.05) is 0 Å². The summed E-state index contributed by atoms with van der Waals surface area (Å²) in [5.41, 5.74) is 0.810. The quantitative estimate of drug-likeness (QED) is 0.886. The molecule has 2 aromatic rings. The third-order valence-corrected chi connectivity index (χ3v) is 4.05. The Kier molecular flexibility index (Phi) is 3.80. The smallest absolute Gasteiger partial charge is 0.227 e. The number of nitrogens with one attached hydrogen (secondary N) is 1. The standard InChI is InChI=1S/C15H15BrFN3O/c1-8-13(18-2)19-14(9-3-4-9)20-15(8)21-10-5-6-11(16)12(17)7-10/h5-7,9H,3-4H2,1-2H3,(H,18,19,20). The Balaban J connectivity index is 1.96. The highest BCUT2D eigenvalue weighted by molar-refractivity contribution is 9.10. The maximum Gasteiger partial charge on any atom is 0.227 e. The number of ether oxygens (including phenoxy) is 1. The summed E-state index contributed by atoms with van der Waals surface area (Å²) < 4.78 is 19.7. The van der Waals surface area contributed by atoms with Gasteiger partial charge in [0.2, 0.25) is 5.88 Å². The summed E-state index contributed by atoms with van der Waals surface area (Å²) in [6, 6.07) is 4.65. The van der Waals surface area contributed by atoms with Gasteiger partial charge in [-0.15, -0.1) is 0 Å². The van der Waals surface area contributed by atoms with Crippen molar-refractivity contribution in [1.82, 2.24) is 9.97 Å². The van der Waals surface area contributed by atoms with E-state index < -0.39 is 0 Å². The zero-order valence-corrected chi connectivity index (χ0v) is 13.4. The van der Waals surface area contributed by atoms with Gasteiger partial charge in [0.1, 0.15) is 23.2 Å². The lowest BCUT2D eigenvalue weighted by Crippen LogP contribution is -2.04. The van der Waals surface area contributed by atoms with Gasteiger partial charge in [0, 0.05) is 19.0 Å². The third kappa shape index (κ3) is 3.00. The van der Waals surface area contributed by atoms with Crippen molar-refractivity contribution < 1.29 is 9.13 Å². The molecular weight excluding hydrogens is 337 g/mol. The molecule has 1 aromatic heterocycles. The molecule has 1 saturated carbocycles. The Bertz CT molecular complexity index is 689. The van der Waals surface area contributed by atoms with Crippen molar-refractivity contribution in [3.05, 3.63) is 39.9 Å². The fourth-order valence-corrected chi connectivity index (χ4v) is 2.28. The van der Waals surface area contributed by atoms with Gasteiger partial charge in [0.15, 0.2) is 0 Å². The van der Waals surface area contributed by atoms with Gasteiger partial charge in [0.25, 0.3) is 0 Å². The molecule has 6 heteroatoms. The minimum atomic E-state index is -0.365. The number of rotatable bonds is 4. The molecule has 1 heterocycles. The van der Waals surface area contributed by atoms with Crippen molar-refractivity contribution >= 4 is 21.7 Å². The lowest BCUT2D eigenvalue weighted by molar-refractivity contribution is 0.450. The van der Waals surface area contributed by atoms with E-state index >= 15 is 0 Å². The van der Waals surface area contributed by atoms with Crippen molar-refractivity contribution in [2.45, 2.75) is 25.7 Å². The van der Waals surface area contributed by atoms with E-state index in [1.165, 1.54) is 6.07 Å². The predicted molar refractivity (Wildman–Crippen MR) is 82.5 cm³/mol. The van der Waals surface area contributed by atoms with Crippen molar-refractivity contribution in [2.75, 3.05) is 12.4 Å². The predicted octanol–water partition coefficient (Wildman–Crippen LogP) is 4.40. The Morgan fingerprint density at radius 2 is 2.10 bits per heavy atom. The summed E-state index contributed by atoms with van der Waals surface area (Å²) >= 11 is 3.12. The summed E-state index contributed by atoms with van der Waals surface area (Å²) in [4.78, 5) is 8.99. The second kappa shape index (κ2) is 5.60. The van der Waals surface area contributed by atoms with Crippen molar-refractivity contribution in [2.24, 2.45) is 0 Å². The van der Waals surface area contributed by atoms with E-state index in [9.17, 15) is 4.39 Å². The molecule has 0 radical (unpaired) electrons. The summed E-state index contributed by atoms with van der Waals surface area (Å²) in [6.45, 7) is 1.88. The zero-order valence-electron chi connectivity index (χ0n) is 11.8. The fraction of sp³-hybridized carbons (Fsp3) is 0.333. The number of anilines is 1. The van der Waals surface area contributed by atoms with Gasteiger partial charge in [-0.25, -0.2) is 9.37 Å². The monoisotopic (exact) mass is 351 g/mol. The van der Waals surface area contributed by atoms with E-state index in [4.69, 9.17) is 4.74 Å². The first-order valence-electron chi connectivity index (χ1n) is 6.77. The molecule has 1 aliphatic carbocycles. The first kappa shape index (κ1) is 14.3. The molecular formula is C15H15BrFN3O. The molecule has 0 saturated heterocycles. The van der Waals surface area contributed by atoms with E-state index in [0.717, 1.165) is 30.0 Å². The van der Waals surface area contributed by atoms with Gasteiger partial charge in [-0.05, 0) is 47.8 Å². The molecule has 1 N–H and O–H groups in total. The van der Waals surface area contributed by atoms with Gasteiger partial charge in [-0.2, -0.15) is 4.98 Å². The molecule has 0 unspecified atom stereocenters. The molecule has 3 rings (SSSR count). The van der Waals surface area contributed by atoms with Crippen LogP contribution in [0.2, 0.25) is 0 Å². The lowest BCUT2D eigenvalue weighted by Gasteiger charge is -2.13. The molecule has 1 fully saturated rings. The van der Waals surface area contributed by atoms with Crippen LogP contribution in [0.25, 0.3) is 0 Å². The summed E-state index contributed by atoms with van der Waals surface area (Å²) in [5, 5.41) is 3.05. The molecule has 0 atom stereocenters. The van der Waals surface area contributed by atoms with Crippen LogP contribution in [0.15, 0.2) is 22.7 Å². The van der Waals surface area contributed by atoms with E-state index in [1.807, 2.05) is 14.0 Å². The first-order chi connectivity index (χ1) is 10.1. The molecule has 0 spiro atoms. The fourth-order valence-electron chi connectivity index (χ4n) is 2.03. The summed E-state index contributed by atoms with van der Waals surface area (Å²) in [5.74, 6) is 2.48. The van der Waals surface area contributed by atoms with E-state index in [2.05, 4.69) is 31.2 Å². The van der Waals surface area contributed by atoms with Crippen LogP contribution >= 0.6 is 15.9 Å². The second-order valence-corrected chi connectivity index (χ2v) is 5.92. The highest BCUT2D eigenvalue weighted by Gasteiger charge is 2.28. The number of hydrogen-bond donors (Lipinski definition) is 1. The number of aromatic nitrogens is 2. The Morgan fingerprint density at radius 3 is 2.71 bits per heavy atom. The van der Waals surface area contributed by atoms with Gasteiger partial charge < -0.3 is 10.1 Å². The Hall–Kier alpha value is -1.69. The number of hydrogen-bond acceptors (Lipinski definition) is 4. The molecule has 110 valence electrons. The SMILES string of the molecule is CNc1nc(C2CC2)nc(Oc2ccc(Br)c(F)c2)c1C. The third-order valence-electron chi connectivity index (χ3n) is 3.40. The maximum atomic E-state index is 13.6. The van der Waals surface area contributed by atoms with Crippen LogP contribution in [-0.2, 0) is 0 Å². The second-order valence-electron chi connectivity index (χ2n) is 5.06. The van der Waals surface area contributed by atoms with Gasteiger partial charge >= 0.3 is 0 Å². The molecule has 4 nitrogen and oxygen atoms in total. The lowest BCUT2D eigenvalue weighted by atomic mass is 10.3. The van der Waals surface area contributed by atoms with Crippen LogP contribution in [0, 0.1) is 12.7 Å². The average molecular weight is 352 g/mol. The van der Waals surface area contributed by atoms with Crippen LogP contribution in [0.4, 0.5) is 10.2 Å². The molecule has 1 aliphatic rings. The topological polar surface area (TPSA) is 47.0 Å². The van der Waals surface area contributed by atoms with Crippen LogP contribution in [0.3, 0.4) is 0 Å². The minimum Gasteiger partial charge on any atom is -0.438 e. The van der Waals surface area contributed by atoms with Crippen LogP contribution in [0.5, 0.6) is 11.6 Å². The van der Waals surface area contributed by atoms with Crippen molar-refractivity contribution in [3.8, 4) is 11.6 Å². The molecule has 1 aromatic carbocycles. The number of benzene rings is 1. The van der Waals surface area contributed by atoms with Crippen LogP contribution in [0.1, 0.15) is 30.1 Å². The van der Waals surface area contributed by atoms with Crippen molar-refractivity contribution in [1.29, 1.82) is 0 Å². The molecule has 21 heavy (non-hydrogen) atoms. The maximum absolute atomic E-state index is 13.6.